The molecule has 8 heteroatoms. The van der Waals surface area contributed by atoms with Crippen LogP contribution >= 0.6 is 37.2 Å². The Morgan fingerprint density at radius 3 is 2.27 bits per heavy atom. The number of benzene rings is 2. The van der Waals surface area contributed by atoms with Gasteiger partial charge in [-0.2, -0.15) is 0 Å². The normalized spacial score (nSPS) is 19.6. The summed E-state index contributed by atoms with van der Waals surface area (Å²) in [5.74, 6) is 1.52. The number of terminal acetylenes is 1. The van der Waals surface area contributed by atoms with Crippen molar-refractivity contribution in [2.75, 3.05) is 19.6 Å². The molecule has 0 bridgehead atoms. The zero-order valence-corrected chi connectivity index (χ0v) is 20.9. The van der Waals surface area contributed by atoms with Crippen molar-refractivity contribution in [2.45, 2.75) is 50.4 Å². The van der Waals surface area contributed by atoms with Gasteiger partial charge in [0.25, 0.3) is 0 Å². The van der Waals surface area contributed by atoms with E-state index in [-0.39, 0.29) is 43.1 Å². The highest BCUT2D eigenvalue weighted by atomic mass is 35.5. The second kappa shape index (κ2) is 14.1. The van der Waals surface area contributed by atoms with Gasteiger partial charge in [-0.05, 0) is 61.2 Å². The van der Waals surface area contributed by atoms with Crippen molar-refractivity contribution in [1.29, 1.82) is 0 Å². The number of hydrogen-bond acceptors (Lipinski definition) is 3. The van der Waals surface area contributed by atoms with Crippen LogP contribution in [-0.4, -0.2) is 36.6 Å². The van der Waals surface area contributed by atoms with E-state index in [9.17, 15) is 8.78 Å². The third kappa shape index (κ3) is 8.10. The molecule has 2 atom stereocenters. The van der Waals surface area contributed by atoms with Crippen molar-refractivity contribution < 1.29 is 8.78 Å². The van der Waals surface area contributed by atoms with Crippen molar-refractivity contribution >= 4 is 37.2 Å². The molecule has 4 rings (SSSR count). The highest BCUT2D eigenvalue weighted by molar-refractivity contribution is 5.86. The van der Waals surface area contributed by atoms with Gasteiger partial charge in [-0.15, -0.1) is 43.6 Å². The predicted molar refractivity (Wildman–Crippen MR) is 138 cm³/mol. The fourth-order valence-electron chi connectivity index (χ4n) is 4.38. The van der Waals surface area contributed by atoms with Crippen LogP contribution < -0.4 is 10.6 Å². The van der Waals surface area contributed by atoms with E-state index in [0.29, 0.717) is 18.6 Å². The van der Waals surface area contributed by atoms with Crippen LogP contribution in [0.5, 0.6) is 0 Å². The minimum absolute atomic E-state index is 0. The molecule has 1 heterocycles. The summed E-state index contributed by atoms with van der Waals surface area (Å²) in [6.45, 7) is 4.45. The molecule has 3 nitrogen and oxygen atoms in total. The molecule has 2 aromatic rings. The summed E-state index contributed by atoms with van der Waals surface area (Å²) >= 11 is 0. The first kappa shape index (κ1) is 29.6. The van der Waals surface area contributed by atoms with Gasteiger partial charge in [0.1, 0.15) is 0 Å². The fraction of sp³-hybridized carbons (Fsp3) is 0.440. The van der Waals surface area contributed by atoms with Crippen LogP contribution in [-0.2, 0) is 13.1 Å². The monoisotopic (exact) mass is 517 g/mol. The standard InChI is InChI=1S/C25H29F2N3.3ClH/c1-2-13-30(21-9-11-28-12-10-21)17-19-5-3-18(4-6-19)16-29-25-15-22(25)20-7-8-23(26)24(27)14-20;;;/h1,3-8,14,21-22,25,28-29H,9-13,15-17H2;3*1H/t22-,25+;;;/m0.../s1. The molecule has 2 aliphatic rings. The van der Waals surface area contributed by atoms with Crippen molar-refractivity contribution in [3.05, 3.63) is 70.8 Å². The number of nitrogens with one attached hydrogen (secondary N) is 2. The van der Waals surface area contributed by atoms with Crippen molar-refractivity contribution in [2.24, 2.45) is 0 Å². The Kier molecular flexibility index (Phi) is 12.7. The molecule has 0 unspecified atom stereocenters. The third-order valence-corrected chi connectivity index (χ3v) is 6.26. The molecular weight excluding hydrogens is 487 g/mol. The lowest BCUT2D eigenvalue weighted by Gasteiger charge is -2.33. The minimum Gasteiger partial charge on any atom is -0.317 e. The van der Waals surface area contributed by atoms with Crippen LogP contribution in [0, 0.1) is 24.0 Å². The first-order chi connectivity index (χ1) is 14.6. The van der Waals surface area contributed by atoms with E-state index in [1.54, 1.807) is 6.07 Å². The summed E-state index contributed by atoms with van der Waals surface area (Å²) in [5, 5.41) is 6.94. The summed E-state index contributed by atoms with van der Waals surface area (Å²) in [6, 6.07) is 13.8. The maximum Gasteiger partial charge on any atom is 0.159 e. The predicted octanol–water partition coefficient (Wildman–Crippen LogP) is 5.06. The zero-order valence-electron chi connectivity index (χ0n) is 18.4. The summed E-state index contributed by atoms with van der Waals surface area (Å²) in [6.07, 6.45) is 8.85. The lowest BCUT2D eigenvalue weighted by Crippen LogP contribution is -2.42. The molecule has 0 radical (unpaired) electrons. The molecule has 1 saturated heterocycles. The number of rotatable bonds is 8. The van der Waals surface area contributed by atoms with Crippen LogP contribution in [0.2, 0.25) is 0 Å². The molecule has 0 spiro atoms. The van der Waals surface area contributed by atoms with Gasteiger partial charge >= 0.3 is 0 Å². The molecule has 182 valence electrons. The Morgan fingerprint density at radius 2 is 1.64 bits per heavy atom. The molecule has 1 aliphatic carbocycles. The molecule has 0 amide bonds. The van der Waals surface area contributed by atoms with Gasteiger partial charge in [0, 0.05) is 31.1 Å². The van der Waals surface area contributed by atoms with E-state index in [4.69, 9.17) is 6.42 Å². The summed E-state index contributed by atoms with van der Waals surface area (Å²) < 4.78 is 26.5. The lowest BCUT2D eigenvalue weighted by atomic mass is 10.0. The van der Waals surface area contributed by atoms with Crippen LogP contribution in [0.3, 0.4) is 0 Å². The maximum atomic E-state index is 13.4. The number of piperidine rings is 1. The number of halogens is 5. The van der Waals surface area contributed by atoms with E-state index in [1.165, 1.54) is 23.3 Å². The smallest absolute Gasteiger partial charge is 0.159 e. The average molecular weight is 519 g/mol. The largest absolute Gasteiger partial charge is 0.317 e. The van der Waals surface area contributed by atoms with Crippen LogP contribution in [0.25, 0.3) is 0 Å². The first-order valence-electron chi connectivity index (χ1n) is 10.8. The SMILES string of the molecule is C#CCN(Cc1ccc(CN[C@@H]2C[C@H]2c2ccc(F)c(F)c2)cc1)C1CCNCC1.Cl.Cl.Cl. The van der Waals surface area contributed by atoms with Crippen molar-refractivity contribution in [3.63, 3.8) is 0 Å². The second-order valence-electron chi connectivity index (χ2n) is 8.41. The van der Waals surface area contributed by atoms with E-state index in [2.05, 4.69) is 45.7 Å². The molecule has 2 aromatic carbocycles. The topological polar surface area (TPSA) is 27.3 Å². The Labute approximate surface area is 214 Å². The fourth-order valence-corrected chi connectivity index (χ4v) is 4.38. The highest BCUT2D eigenvalue weighted by Gasteiger charge is 2.38. The zero-order chi connectivity index (χ0) is 20.9. The molecule has 0 aromatic heterocycles. The Bertz CT molecular complexity index is 899. The first-order valence-corrected chi connectivity index (χ1v) is 10.8. The lowest BCUT2D eigenvalue weighted by molar-refractivity contribution is 0.174. The van der Waals surface area contributed by atoms with Gasteiger partial charge in [0.05, 0.1) is 6.54 Å². The average Bonchev–Trinajstić information content (AvgIpc) is 3.55. The third-order valence-electron chi connectivity index (χ3n) is 6.26. The van der Waals surface area contributed by atoms with Gasteiger partial charge in [-0.1, -0.05) is 36.3 Å². The molecule has 1 saturated carbocycles. The summed E-state index contributed by atoms with van der Waals surface area (Å²) in [4.78, 5) is 2.41. The quantitative estimate of drug-likeness (QED) is 0.478. The highest BCUT2D eigenvalue weighted by Crippen LogP contribution is 2.41. The molecule has 33 heavy (non-hydrogen) atoms. The van der Waals surface area contributed by atoms with Crippen molar-refractivity contribution in [3.8, 4) is 12.3 Å². The van der Waals surface area contributed by atoms with Gasteiger partial charge in [0.15, 0.2) is 11.6 Å². The van der Waals surface area contributed by atoms with Gasteiger partial charge in [-0.25, -0.2) is 8.78 Å². The maximum absolute atomic E-state index is 13.4. The Morgan fingerprint density at radius 1 is 0.970 bits per heavy atom. The minimum atomic E-state index is -0.787. The molecule has 2 N–H and O–H groups in total. The Hall–Kier alpha value is -1.39. The van der Waals surface area contributed by atoms with Gasteiger partial charge in [-0.3, -0.25) is 4.90 Å². The summed E-state index contributed by atoms with van der Waals surface area (Å²) in [7, 11) is 0. The Balaban J connectivity index is 0.00000181. The van der Waals surface area contributed by atoms with Crippen LogP contribution in [0.1, 0.15) is 41.9 Å². The van der Waals surface area contributed by atoms with Gasteiger partial charge in [0.2, 0.25) is 0 Å². The van der Waals surface area contributed by atoms with Crippen LogP contribution in [0.15, 0.2) is 42.5 Å². The van der Waals surface area contributed by atoms with E-state index >= 15 is 0 Å². The van der Waals surface area contributed by atoms with E-state index in [1.807, 2.05) is 0 Å². The molecule has 1 aliphatic heterocycles. The number of nitrogens with zero attached hydrogens (tertiary/aromatic N) is 1. The van der Waals surface area contributed by atoms with E-state index < -0.39 is 11.6 Å². The van der Waals surface area contributed by atoms with Gasteiger partial charge < -0.3 is 10.6 Å². The van der Waals surface area contributed by atoms with Crippen molar-refractivity contribution in [1.82, 2.24) is 15.5 Å². The second-order valence-corrected chi connectivity index (χ2v) is 8.41. The summed E-state index contributed by atoms with van der Waals surface area (Å²) in [5.41, 5.74) is 3.37. The van der Waals surface area contributed by atoms with Crippen LogP contribution in [0.4, 0.5) is 8.78 Å². The molecule has 2 fully saturated rings. The molecular formula is C25H32Cl3F2N3. The number of hydrogen-bond donors (Lipinski definition) is 2. The van der Waals surface area contributed by atoms with E-state index in [0.717, 1.165) is 51.0 Å².